The number of fused-ring (bicyclic) bond motifs is 1. The lowest BCUT2D eigenvalue weighted by molar-refractivity contribution is 0.0743. The number of pyridine rings is 1. The van der Waals surface area contributed by atoms with Crippen molar-refractivity contribution in [3.8, 4) is 0 Å². The van der Waals surface area contributed by atoms with Crippen LogP contribution in [0.2, 0.25) is 0 Å². The lowest BCUT2D eigenvalue weighted by atomic mass is 10.1. The molecule has 1 aliphatic rings. The third kappa shape index (κ3) is 3.60. The Morgan fingerprint density at radius 3 is 2.68 bits per heavy atom. The second-order valence-electron chi connectivity index (χ2n) is 6.88. The highest BCUT2D eigenvalue weighted by Gasteiger charge is 2.25. The van der Waals surface area contributed by atoms with E-state index >= 15 is 0 Å². The van der Waals surface area contributed by atoms with Crippen LogP contribution in [0.25, 0.3) is 10.8 Å². The molecule has 4 rings (SSSR count). The average Bonchev–Trinajstić information content (AvgIpc) is 2.73. The number of carbonyl (C=O) groups excluding carboxylic acids is 1. The molecule has 1 fully saturated rings. The molecular formula is C21H24N6O. The van der Waals surface area contributed by atoms with Gasteiger partial charge < -0.3 is 15.1 Å². The maximum Gasteiger partial charge on any atom is 0.273 e. The van der Waals surface area contributed by atoms with E-state index in [0.29, 0.717) is 24.7 Å². The number of carbonyl (C=O) groups is 1. The van der Waals surface area contributed by atoms with Gasteiger partial charge in [0.1, 0.15) is 11.5 Å². The average molecular weight is 376 g/mol. The summed E-state index contributed by atoms with van der Waals surface area (Å²) >= 11 is 0. The van der Waals surface area contributed by atoms with Crippen molar-refractivity contribution in [2.45, 2.75) is 13.8 Å². The molecule has 3 heterocycles. The highest BCUT2D eigenvalue weighted by molar-refractivity contribution is 6.05. The molecule has 7 heteroatoms. The summed E-state index contributed by atoms with van der Waals surface area (Å²) in [5.41, 5.74) is 1.46. The van der Waals surface area contributed by atoms with Crippen LogP contribution in [-0.2, 0) is 0 Å². The molecule has 0 saturated carbocycles. The van der Waals surface area contributed by atoms with E-state index in [4.69, 9.17) is 0 Å². The van der Waals surface area contributed by atoms with Crippen LogP contribution in [0.3, 0.4) is 0 Å². The Labute approximate surface area is 164 Å². The van der Waals surface area contributed by atoms with Crippen LogP contribution in [0.15, 0.2) is 42.6 Å². The van der Waals surface area contributed by atoms with Crippen molar-refractivity contribution in [3.05, 3.63) is 54.0 Å². The van der Waals surface area contributed by atoms with Crippen molar-refractivity contribution in [2.24, 2.45) is 0 Å². The summed E-state index contributed by atoms with van der Waals surface area (Å²) in [5, 5.41) is 5.11. The number of piperazine rings is 1. The lowest BCUT2D eigenvalue weighted by Gasteiger charge is -2.35. The summed E-state index contributed by atoms with van der Waals surface area (Å²) in [6.45, 7) is 7.53. The van der Waals surface area contributed by atoms with Crippen molar-refractivity contribution in [1.29, 1.82) is 0 Å². The molecule has 7 nitrogen and oxygen atoms in total. The van der Waals surface area contributed by atoms with Gasteiger partial charge in [-0.05, 0) is 25.3 Å². The number of nitrogens with zero attached hydrogens (tertiary/aromatic N) is 5. The van der Waals surface area contributed by atoms with Gasteiger partial charge in [-0.15, -0.1) is 0 Å². The molecule has 1 aromatic carbocycles. The summed E-state index contributed by atoms with van der Waals surface area (Å²) in [6, 6.07) is 11.8. The number of amides is 1. The molecule has 28 heavy (non-hydrogen) atoms. The highest BCUT2D eigenvalue weighted by Crippen LogP contribution is 2.20. The molecule has 0 spiro atoms. The van der Waals surface area contributed by atoms with Crippen LogP contribution in [-0.4, -0.2) is 58.5 Å². The van der Waals surface area contributed by atoms with Crippen molar-refractivity contribution in [2.75, 3.05) is 42.9 Å². The van der Waals surface area contributed by atoms with Crippen molar-refractivity contribution in [1.82, 2.24) is 19.9 Å². The molecule has 0 bridgehead atoms. The number of hydrogen-bond donors (Lipinski definition) is 1. The van der Waals surface area contributed by atoms with E-state index in [1.807, 2.05) is 55.1 Å². The summed E-state index contributed by atoms with van der Waals surface area (Å²) in [7, 11) is 0. The first-order valence-electron chi connectivity index (χ1n) is 9.63. The maximum atomic E-state index is 13.1. The van der Waals surface area contributed by atoms with Gasteiger partial charge in [0.15, 0.2) is 0 Å². The molecule has 3 aromatic rings. The van der Waals surface area contributed by atoms with Gasteiger partial charge in [0.25, 0.3) is 5.91 Å². The third-order valence-electron chi connectivity index (χ3n) is 4.94. The minimum absolute atomic E-state index is 0.0105. The SMILES string of the molecule is CCNc1nc(C)cc(N2CCN(C(=O)c3nccc4ccccc34)CC2)n1. The highest BCUT2D eigenvalue weighted by atomic mass is 16.2. The van der Waals surface area contributed by atoms with E-state index < -0.39 is 0 Å². The summed E-state index contributed by atoms with van der Waals surface area (Å²) in [4.78, 5) is 30.5. The Kier molecular flexibility index (Phi) is 5.06. The second-order valence-corrected chi connectivity index (χ2v) is 6.88. The maximum absolute atomic E-state index is 13.1. The smallest absolute Gasteiger partial charge is 0.273 e. The number of aromatic nitrogens is 3. The van der Waals surface area contributed by atoms with Crippen LogP contribution in [0.1, 0.15) is 23.1 Å². The number of anilines is 2. The van der Waals surface area contributed by atoms with E-state index in [-0.39, 0.29) is 5.91 Å². The molecule has 0 atom stereocenters. The largest absolute Gasteiger partial charge is 0.354 e. The fraction of sp³-hybridized carbons (Fsp3) is 0.333. The standard InChI is InChI=1S/C21H24N6O/c1-3-22-21-24-15(2)14-18(25-21)26-10-12-27(13-11-26)20(28)19-17-7-5-4-6-16(17)8-9-23-19/h4-9,14H,3,10-13H2,1-2H3,(H,22,24,25). The molecule has 0 unspecified atom stereocenters. The molecule has 1 aliphatic heterocycles. The number of benzene rings is 1. The first-order valence-corrected chi connectivity index (χ1v) is 9.63. The molecule has 144 valence electrons. The molecule has 0 aliphatic carbocycles. The van der Waals surface area contributed by atoms with E-state index in [1.165, 1.54) is 0 Å². The molecule has 0 radical (unpaired) electrons. The Hall–Kier alpha value is -3.22. The monoisotopic (exact) mass is 376 g/mol. The molecular weight excluding hydrogens is 352 g/mol. The molecule has 2 aromatic heterocycles. The van der Waals surface area contributed by atoms with Crippen LogP contribution in [0.5, 0.6) is 0 Å². The molecule has 1 saturated heterocycles. The van der Waals surface area contributed by atoms with Crippen molar-refractivity contribution in [3.63, 3.8) is 0 Å². The quantitative estimate of drug-likeness (QED) is 0.755. The third-order valence-corrected chi connectivity index (χ3v) is 4.94. The van der Waals surface area contributed by atoms with Gasteiger partial charge >= 0.3 is 0 Å². The van der Waals surface area contributed by atoms with Gasteiger partial charge in [0, 0.05) is 56.1 Å². The Bertz CT molecular complexity index is 992. The van der Waals surface area contributed by atoms with E-state index in [0.717, 1.165) is 41.9 Å². The van der Waals surface area contributed by atoms with E-state index in [2.05, 4.69) is 25.2 Å². The summed E-state index contributed by atoms with van der Waals surface area (Å²) in [5.74, 6) is 1.54. The predicted molar refractivity (Wildman–Crippen MR) is 111 cm³/mol. The van der Waals surface area contributed by atoms with Crippen molar-refractivity contribution < 1.29 is 4.79 Å². The minimum Gasteiger partial charge on any atom is -0.354 e. The summed E-state index contributed by atoms with van der Waals surface area (Å²) in [6.07, 6.45) is 1.71. The molecule has 1 amide bonds. The first-order chi connectivity index (χ1) is 13.7. The predicted octanol–water partition coefficient (Wildman–Crippen LogP) is 2.73. The van der Waals surface area contributed by atoms with Gasteiger partial charge in [-0.3, -0.25) is 9.78 Å². The summed E-state index contributed by atoms with van der Waals surface area (Å²) < 4.78 is 0. The van der Waals surface area contributed by atoms with Crippen LogP contribution < -0.4 is 10.2 Å². The number of nitrogens with one attached hydrogen (secondary N) is 1. The number of rotatable bonds is 4. The van der Waals surface area contributed by atoms with Gasteiger partial charge in [0.2, 0.25) is 5.95 Å². The van der Waals surface area contributed by atoms with Gasteiger partial charge in [-0.25, -0.2) is 4.98 Å². The zero-order valence-electron chi connectivity index (χ0n) is 16.2. The fourth-order valence-corrected chi connectivity index (χ4v) is 3.53. The van der Waals surface area contributed by atoms with Gasteiger partial charge in [0.05, 0.1) is 0 Å². The molecule has 1 N–H and O–H groups in total. The van der Waals surface area contributed by atoms with Crippen LogP contribution in [0, 0.1) is 6.92 Å². The Morgan fingerprint density at radius 1 is 1.11 bits per heavy atom. The fourth-order valence-electron chi connectivity index (χ4n) is 3.53. The van der Waals surface area contributed by atoms with Gasteiger partial charge in [-0.2, -0.15) is 4.98 Å². The zero-order valence-corrected chi connectivity index (χ0v) is 16.2. The second kappa shape index (κ2) is 7.80. The number of aryl methyl sites for hydroxylation is 1. The normalized spacial score (nSPS) is 14.4. The zero-order chi connectivity index (χ0) is 19.5. The lowest BCUT2D eigenvalue weighted by Crippen LogP contribution is -2.49. The Morgan fingerprint density at radius 2 is 1.89 bits per heavy atom. The Balaban J connectivity index is 1.49. The van der Waals surface area contributed by atoms with Crippen molar-refractivity contribution >= 4 is 28.4 Å². The number of hydrogen-bond acceptors (Lipinski definition) is 6. The van der Waals surface area contributed by atoms with Gasteiger partial charge in [-0.1, -0.05) is 24.3 Å². The topological polar surface area (TPSA) is 74.2 Å². The van der Waals surface area contributed by atoms with E-state index in [1.54, 1.807) is 6.20 Å². The first kappa shape index (κ1) is 18.2. The minimum atomic E-state index is -0.0105. The van der Waals surface area contributed by atoms with Crippen LogP contribution in [0.4, 0.5) is 11.8 Å². The van der Waals surface area contributed by atoms with Crippen LogP contribution >= 0.6 is 0 Å². The van der Waals surface area contributed by atoms with E-state index in [9.17, 15) is 4.79 Å².